The number of sulfone groups is 1. The molecule has 24 heavy (non-hydrogen) atoms. The van der Waals surface area contributed by atoms with E-state index in [4.69, 9.17) is 0 Å². The Labute approximate surface area is 142 Å². The summed E-state index contributed by atoms with van der Waals surface area (Å²) in [5, 5.41) is 2.62. The molecule has 0 aromatic heterocycles. The first-order valence-electron chi connectivity index (χ1n) is 7.64. The highest BCUT2D eigenvalue weighted by atomic mass is 32.2. The number of rotatable bonds is 6. The van der Waals surface area contributed by atoms with Crippen molar-refractivity contribution in [1.29, 1.82) is 0 Å². The normalized spacial score (nSPS) is 21.2. The van der Waals surface area contributed by atoms with E-state index in [-0.39, 0.29) is 17.3 Å². The lowest BCUT2D eigenvalue weighted by Crippen LogP contribution is -2.41. The third-order valence-electron chi connectivity index (χ3n) is 3.82. The lowest BCUT2D eigenvalue weighted by molar-refractivity contribution is -0.124. The van der Waals surface area contributed by atoms with Crippen molar-refractivity contribution in [2.75, 3.05) is 22.0 Å². The van der Waals surface area contributed by atoms with Crippen LogP contribution in [0.25, 0.3) is 0 Å². The van der Waals surface area contributed by atoms with Gasteiger partial charge < -0.3 is 5.32 Å². The molecule has 0 aliphatic carbocycles. The molecule has 1 heterocycles. The van der Waals surface area contributed by atoms with Crippen LogP contribution in [0.1, 0.15) is 18.9 Å². The second kappa shape index (κ2) is 7.10. The quantitative estimate of drug-likeness (QED) is 0.761. The van der Waals surface area contributed by atoms with Crippen molar-refractivity contribution in [3.05, 3.63) is 29.8 Å². The Morgan fingerprint density at radius 3 is 2.46 bits per heavy atom. The molecule has 1 aliphatic heterocycles. The van der Waals surface area contributed by atoms with Gasteiger partial charge in [0.25, 0.3) is 0 Å². The van der Waals surface area contributed by atoms with Crippen molar-refractivity contribution in [3.63, 3.8) is 0 Å². The number of anilines is 1. The molecule has 7 nitrogen and oxygen atoms in total. The Kier molecular flexibility index (Phi) is 5.54. The molecular weight excluding hydrogens is 352 g/mol. The fourth-order valence-electron chi connectivity index (χ4n) is 2.50. The van der Waals surface area contributed by atoms with E-state index in [9.17, 15) is 21.6 Å². The number of amides is 1. The Morgan fingerprint density at radius 1 is 1.29 bits per heavy atom. The van der Waals surface area contributed by atoms with Crippen LogP contribution in [0.5, 0.6) is 0 Å². The molecule has 2 N–H and O–H groups in total. The smallest absolute Gasteiger partial charge is 0.233 e. The number of nitrogens with one attached hydrogen (secondary N) is 2. The zero-order valence-electron chi connectivity index (χ0n) is 13.7. The maximum Gasteiger partial charge on any atom is 0.233 e. The largest absolute Gasteiger partial charge is 0.352 e. The number of aryl methyl sites for hydroxylation is 1. The number of sulfonamides is 1. The van der Waals surface area contributed by atoms with Gasteiger partial charge in [-0.3, -0.25) is 9.52 Å². The first-order valence-corrected chi connectivity index (χ1v) is 11.1. The minimum atomic E-state index is -3.68. The van der Waals surface area contributed by atoms with Crippen LogP contribution >= 0.6 is 0 Å². The van der Waals surface area contributed by atoms with Crippen molar-refractivity contribution in [1.82, 2.24) is 5.32 Å². The van der Waals surface area contributed by atoms with Gasteiger partial charge in [0.2, 0.25) is 15.9 Å². The van der Waals surface area contributed by atoms with Crippen LogP contribution in [-0.4, -0.2) is 46.0 Å². The molecule has 2 rings (SSSR count). The van der Waals surface area contributed by atoms with E-state index < -0.39 is 37.7 Å². The first kappa shape index (κ1) is 18.7. The summed E-state index contributed by atoms with van der Waals surface area (Å²) in [7, 11) is -6.77. The van der Waals surface area contributed by atoms with Gasteiger partial charge >= 0.3 is 0 Å². The van der Waals surface area contributed by atoms with Crippen molar-refractivity contribution in [2.24, 2.45) is 5.92 Å². The van der Waals surface area contributed by atoms with E-state index >= 15 is 0 Å². The Hall–Kier alpha value is -1.61. The van der Waals surface area contributed by atoms with Gasteiger partial charge in [0, 0.05) is 11.7 Å². The monoisotopic (exact) mass is 374 g/mol. The highest BCUT2D eigenvalue weighted by molar-refractivity contribution is 7.92. The average Bonchev–Trinajstić information content (AvgIpc) is 2.79. The van der Waals surface area contributed by atoms with Crippen LogP contribution in [0.15, 0.2) is 24.3 Å². The Bertz CT molecular complexity index is 801. The number of carbonyl (C=O) groups is 1. The van der Waals surface area contributed by atoms with Crippen LogP contribution in [0, 0.1) is 12.8 Å². The number of hydrogen-bond donors (Lipinski definition) is 2. The van der Waals surface area contributed by atoms with Gasteiger partial charge in [0.05, 0.1) is 23.2 Å². The lowest BCUT2D eigenvalue weighted by Gasteiger charge is -2.16. The maximum atomic E-state index is 12.2. The number of benzene rings is 1. The Balaban J connectivity index is 1.91. The van der Waals surface area contributed by atoms with Crippen molar-refractivity contribution in [2.45, 2.75) is 26.3 Å². The molecule has 1 amide bonds. The molecule has 0 radical (unpaired) electrons. The second-order valence-electron chi connectivity index (χ2n) is 6.26. The molecule has 1 fully saturated rings. The minimum absolute atomic E-state index is 0.0552. The zero-order chi connectivity index (χ0) is 18.0. The summed E-state index contributed by atoms with van der Waals surface area (Å²) in [6, 6.07) is 6.45. The van der Waals surface area contributed by atoms with Gasteiger partial charge in [-0.25, -0.2) is 16.8 Å². The molecule has 0 saturated carbocycles. The standard InChI is InChI=1S/C15H22N2O5S2/c1-11-3-5-13(6-4-11)17-24(21,22)9-12(2)15(18)16-14-7-8-23(19,20)10-14/h3-6,12,14,17H,7-10H2,1-2H3,(H,16,18). The Morgan fingerprint density at radius 2 is 1.92 bits per heavy atom. The number of hydrogen-bond acceptors (Lipinski definition) is 5. The molecular formula is C15H22N2O5S2. The molecule has 2 unspecified atom stereocenters. The van der Waals surface area contributed by atoms with E-state index in [0.717, 1.165) is 5.56 Å². The van der Waals surface area contributed by atoms with Crippen LogP contribution in [0.4, 0.5) is 5.69 Å². The molecule has 2 atom stereocenters. The van der Waals surface area contributed by atoms with Crippen LogP contribution < -0.4 is 10.0 Å². The predicted octanol–water partition coefficient (Wildman–Crippen LogP) is 0.676. The van der Waals surface area contributed by atoms with E-state index in [0.29, 0.717) is 12.1 Å². The molecule has 1 aliphatic rings. The van der Waals surface area contributed by atoms with Gasteiger partial charge in [-0.1, -0.05) is 24.6 Å². The van der Waals surface area contributed by atoms with Crippen LogP contribution in [0.3, 0.4) is 0 Å². The molecule has 1 saturated heterocycles. The van der Waals surface area contributed by atoms with E-state index in [1.54, 1.807) is 24.3 Å². The van der Waals surface area contributed by atoms with Crippen molar-refractivity contribution < 1.29 is 21.6 Å². The summed E-state index contributed by atoms with van der Waals surface area (Å²) in [5.74, 6) is -1.63. The van der Waals surface area contributed by atoms with E-state index in [1.165, 1.54) is 6.92 Å². The van der Waals surface area contributed by atoms with Gasteiger partial charge in [-0.2, -0.15) is 0 Å². The summed E-state index contributed by atoms with van der Waals surface area (Å²) >= 11 is 0. The number of carbonyl (C=O) groups excluding carboxylic acids is 1. The molecule has 1 aromatic rings. The highest BCUT2D eigenvalue weighted by Crippen LogP contribution is 2.14. The maximum absolute atomic E-state index is 12.2. The third-order valence-corrected chi connectivity index (χ3v) is 7.07. The first-order chi connectivity index (χ1) is 11.1. The molecule has 0 bridgehead atoms. The van der Waals surface area contributed by atoms with E-state index in [2.05, 4.69) is 10.0 Å². The fourth-order valence-corrected chi connectivity index (χ4v) is 5.56. The third kappa shape index (κ3) is 5.48. The molecule has 0 spiro atoms. The molecule has 9 heteroatoms. The summed E-state index contributed by atoms with van der Waals surface area (Å²) in [6.45, 7) is 3.40. The molecule has 1 aromatic carbocycles. The summed E-state index contributed by atoms with van der Waals surface area (Å²) < 4.78 is 49.5. The second-order valence-corrected chi connectivity index (χ2v) is 10.3. The van der Waals surface area contributed by atoms with Gasteiger partial charge in [0.1, 0.15) is 0 Å². The molecule has 134 valence electrons. The predicted molar refractivity (Wildman–Crippen MR) is 93.0 cm³/mol. The SMILES string of the molecule is Cc1ccc(NS(=O)(=O)CC(C)C(=O)NC2CCS(=O)(=O)C2)cc1. The van der Waals surface area contributed by atoms with Gasteiger partial charge in [0.15, 0.2) is 9.84 Å². The highest BCUT2D eigenvalue weighted by Gasteiger charge is 2.31. The van der Waals surface area contributed by atoms with Crippen LogP contribution in [-0.2, 0) is 24.7 Å². The summed E-state index contributed by atoms with van der Waals surface area (Å²) in [4.78, 5) is 12.1. The average molecular weight is 374 g/mol. The summed E-state index contributed by atoms with van der Waals surface area (Å²) in [6.07, 6.45) is 0.370. The topological polar surface area (TPSA) is 109 Å². The minimum Gasteiger partial charge on any atom is -0.352 e. The van der Waals surface area contributed by atoms with Crippen molar-refractivity contribution in [3.8, 4) is 0 Å². The van der Waals surface area contributed by atoms with Gasteiger partial charge in [-0.15, -0.1) is 0 Å². The van der Waals surface area contributed by atoms with Crippen molar-refractivity contribution >= 4 is 31.5 Å². The van der Waals surface area contributed by atoms with Gasteiger partial charge in [-0.05, 0) is 25.5 Å². The van der Waals surface area contributed by atoms with E-state index in [1.807, 2.05) is 6.92 Å². The summed E-state index contributed by atoms with van der Waals surface area (Å²) in [5.41, 5.74) is 1.45. The zero-order valence-corrected chi connectivity index (χ0v) is 15.3. The van der Waals surface area contributed by atoms with Crippen LogP contribution in [0.2, 0.25) is 0 Å². The lowest BCUT2D eigenvalue weighted by atomic mass is 10.2. The fraction of sp³-hybridized carbons (Fsp3) is 0.533.